The van der Waals surface area contributed by atoms with E-state index < -0.39 is 6.10 Å². The molecule has 0 spiro atoms. The lowest BCUT2D eigenvalue weighted by molar-refractivity contribution is 0.199. The summed E-state index contributed by atoms with van der Waals surface area (Å²) in [6.45, 7) is 5.83. The number of rotatable bonds is 10. The molecule has 0 aliphatic rings. The molecule has 2 aromatic rings. The molecule has 134 valence electrons. The van der Waals surface area contributed by atoms with Gasteiger partial charge < -0.3 is 14.8 Å². The zero-order valence-electron chi connectivity index (χ0n) is 14.8. The van der Waals surface area contributed by atoms with Gasteiger partial charge in [0.15, 0.2) is 0 Å². The van der Waals surface area contributed by atoms with Gasteiger partial charge in [-0.25, -0.2) is 0 Å². The average Bonchev–Trinajstić information content (AvgIpc) is 3.03. The molecule has 24 heavy (non-hydrogen) atoms. The van der Waals surface area contributed by atoms with E-state index in [4.69, 9.17) is 4.42 Å². The van der Waals surface area contributed by atoms with Crippen molar-refractivity contribution in [2.45, 2.75) is 58.6 Å². The molecule has 1 aromatic carbocycles. The smallest absolute Gasteiger partial charge is 0.134 e. The molecule has 1 heterocycles. The maximum atomic E-state index is 9.55. The molecule has 0 fully saturated rings. The van der Waals surface area contributed by atoms with E-state index in [1.54, 1.807) is 6.92 Å². The first kappa shape index (κ1) is 20.8. The Bertz CT molecular complexity index is 563. The third-order valence-electron chi connectivity index (χ3n) is 4.10. The molecule has 4 heteroatoms. The molecule has 0 bridgehead atoms. The molecule has 0 aliphatic carbocycles. The van der Waals surface area contributed by atoms with Gasteiger partial charge in [-0.2, -0.15) is 0 Å². The van der Waals surface area contributed by atoms with E-state index in [1.165, 1.54) is 32.1 Å². The van der Waals surface area contributed by atoms with Gasteiger partial charge in [-0.15, -0.1) is 12.4 Å². The molecule has 2 N–H and O–H groups in total. The Labute approximate surface area is 151 Å². The number of aliphatic hydroxyl groups is 1. The zero-order valence-corrected chi connectivity index (χ0v) is 15.6. The fourth-order valence-electron chi connectivity index (χ4n) is 2.62. The lowest BCUT2D eigenvalue weighted by Gasteiger charge is -2.05. The van der Waals surface area contributed by atoms with Crippen molar-refractivity contribution in [2.75, 3.05) is 6.54 Å². The molecule has 3 nitrogen and oxygen atoms in total. The van der Waals surface area contributed by atoms with E-state index in [9.17, 15) is 5.11 Å². The quantitative estimate of drug-likeness (QED) is 0.557. The van der Waals surface area contributed by atoms with Gasteiger partial charge in [0.1, 0.15) is 11.5 Å². The second-order valence-electron chi connectivity index (χ2n) is 6.15. The van der Waals surface area contributed by atoms with Gasteiger partial charge in [-0.1, -0.05) is 56.9 Å². The van der Waals surface area contributed by atoms with Crippen LogP contribution in [0.2, 0.25) is 0 Å². The molecule has 1 aromatic heterocycles. The minimum atomic E-state index is -0.433. The van der Waals surface area contributed by atoms with Gasteiger partial charge in [-0.05, 0) is 37.6 Å². The lowest BCUT2D eigenvalue weighted by Crippen LogP contribution is -2.14. The highest BCUT2D eigenvalue weighted by molar-refractivity contribution is 5.85. The molecular weight excluding hydrogens is 322 g/mol. The highest BCUT2D eigenvalue weighted by Crippen LogP contribution is 2.24. The predicted molar refractivity (Wildman–Crippen MR) is 102 cm³/mol. The maximum Gasteiger partial charge on any atom is 0.134 e. The summed E-state index contributed by atoms with van der Waals surface area (Å²) >= 11 is 0. The van der Waals surface area contributed by atoms with Crippen LogP contribution in [0, 0.1) is 0 Å². The standard InChI is InChI=1S/C20H29NO2.ClH/c1-3-4-5-6-7-14-21-15-19-12-13-20(23-19)18-10-8-17(9-11-18)16(2)22;/h8-13,16,21-22H,3-7,14-15H2,1-2H3;1H. The van der Waals surface area contributed by atoms with Crippen molar-refractivity contribution in [3.63, 3.8) is 0 Å². The fourth-order valence-corrected chi connectivity index (χ4v) is 2.62. The number of furan rings is 1. The Kier molecular flexibility index (Phi) is 9.77. The Morgan fingerprint density at radius 2 is 1.71 bits per heavy atom. The summed E-state index contributed by atoms with van der Waals surface area (Å²) in [4.78, 5) is 0. The molecular formula is C20H30ClNO2. The summed E-state index contributed by atoms with van der Waals surface area (Å²) < 4.78 is 5.89. The second kappa shape index (κ2) is 11.3. The zero-order chi connectivity index (χ0) is 16.5. The maximum absolute atomic E-state index is 9.55. The summed E-state index contributed by atoms with van der Waals surface area (Å²) in [7, 11) is 0. The van der Waals surface area contributed by atoms with Crippen LogP contribution in [0.3, 0.4) is 0 Å². The molecule has 2 rings (SSSR count). The van der Waals surface area contributed by atoms with Crippen LogP contribution in [0.4, 0.5) is 0 Å². The minimum absolute atomic E-state index is 0. The van der Waals surface area contributed by atoms with E-state index >= 15 is 0 Å². The van der Waals surface area contributed by atoms with Gasteiger partial charge in [0.05, 0.1) is 12.6 Å². The van der Waals surface area contributed by atoms with Crippen LogP contribution in [0.25, 0.3) is 11.3 Å². The minimum Gasteiger partial charge on any atom is -0.460 e. The number of hydrogen-bond donors (Lipinski definition) is 2. The lowest BCUT2D eigenvalue weighted by atomic mass is 10.1. The number of hydrogen-bond acceptors (Lipinski definition) is 3. The third-order valence-corrected chi connectivity index (χ3v) is 4.10. The average molecular weight is 352 g/mol. The van der Waals surface area contributed by atoms with Crippen LogP contribution in [0.15, 0.2) is 40.8 Å². The van der Waals surface area contributed by atoms with E-state index in [-0.39, 0.29) is 12.4 Å². The monoisotopic (exact) mass is 351 g/mol. The van der Waals surface area contributed by atoms with Gasteiger partial charge >= 0.3 is 0 Å². The highest BCUT2D eigenvalue weighted by atomic mass is 35.5. The summed E-state index contributed by atoms with van der Waals surface area (Å²) in [5.41, 5.74) is 1.96. The number of benzene rings is 1. The molecule has 0 radical (unpaired) electrons. The van der Waals surface area contributed by atoms with Gasteiger partial charge in [0, 0.05) is 5.56 Å². The van der Waals surface area contributed by atoms with E-state index in [0.29, 0.717) is 0 Å². The second-order valence-corrected chi connectivity index (χ2v) is 6.15. The first-order valence-electron chi connectivity index (χ1n) is 8.78. The number of aliphatic hydroxyl groups excluding tert-OH is 1. The Balaban J connectivity index is 0.00000288. The first-order valence-corrected chi connectivity index (χ1v) is 8.78. The van der Waals surface area contributed by atoms with Crippen LogP contribution >= 0.6 is 12.4 Å². The Hall–Kier alpha value is -1.29. The Morgan fingerprint density at radius 1 is 1.00 bits per heavy atom. The van der Waals surface area contributed by atoms with Crippen molar-refractivity contribution in [2.24, 2.45) is 0 Å². The molecule has 0 amide bonds. The van der Waals surface area contributed by atoms with Crippen molar-refractivity contribution in [3.05, 3.63) is 47.7 Å². The van der Waals surface area contributed by atoms with Crippen LogP contribution in [0.5, 0.6) is 0 Å². The van der Waals surface area contributed by atoms with E-state index in [2.05, 4.69) is 12.2 Å². The van der Waals surface area contributed by atoms with E-state index in [1.807, 2.05) is 36.4 Å². The SMILES string of the molecule is CCCCCCCNCc1ccc(-c2ccc(C(C)O)cc2)o1.Cl. The molecule has 1 unspecified atom stereocenters. The van der Waals surface area contributed by atoms with Crippen molar-refractivity contribution in [1.29, 1.82) is 0 Å². The van der Waals surface area contributed by atoms with Crippen molar-refractivity contribution in [3.8, 4) is 11.3 Å². The Morgan fingerprint density at radius 3 is 2.38 bits per heavy atom. The highest BCUT2D eigenvalue weighted by Gasteiger charge is 2.06. The molecule has 0 saturated heterocycles. The molecule has 1 atom stereocenters. The van der Waals surface area contributed by atoms with Crippen molar-refractivity contribution < 1.29 is 9.52 Å². The summed E-state index contributed by atoms with van der Waals surface area (Å²) in [5.74, 6) is 1.84. The van der Waals surface area contributed by atoms with Crippen LogP contribution in [-0.4, -0.2) is 11.7 Å². The topological polar surface area (TPSA) is 45.4 Å². The van der Waals surface area contributed by atoms with Crippen LogP contribution in [0.1, 0.15) is 63.4 Å². The summed E-state index contributed by atoms with van der Waals surface area (Å²) in [5, 5.41) is 13.0. The predicted octanol–water partition coefficient (Wildman–Crippen LogP) is 5.48. The molecule has 0 aliphatic heterocycles. The van der Waals surface area contributed by atoms with Crippen molar-refractivity contribution >= 4 is 12.4 Å². The number of nitrogens with one attached hydrogen (secondary N) is 1. The van der Waals surface area contributed by atoms with Gasteiger partial charge in [0.25, 0.3) is 0 Å². The first-order chi connectivity index (χ1) is 11.2. The van der Waals surface area contributed by atoms with Gasteiger partial charge in [0.2, 0.25) is 0 Å². The van der Waals surface area contributed by atoms with Crippen LogP contribution in [-0.2, 0) is 6.54 Å². The molecule has 0 saturated carbocycles. The number of unbranched alkanes of at least 4 members (excludes halogenated alkanes) is 4. The summed E-state index contributed by atoms with van der Waals surface area (Å²) in [6, 6.07) is 11.9. The normalized spacial score (nSPS) is 12.0. The van der Waals surface area contributed by atoms with Crippen molar-refractivity contribution in [1.82, 2.24) is 5.32 Å². The largest absolute Gasteiger partial charge is 0.460 e. The van der Waals surface area contributed by atoms with Crippen LogP contribution < -0.4 is 5.32 Å². The van der Waals surface area contributed by atoms with E-state index in [0.717, 1.165) is 35.7 Å². The summed E-state index contributed by atoms with van der Waals surface area (Å²) in [6.07, 6.45) is 6.08. The van der Waals surface area contributed by atoms with Gasteiger partial charge in [-0.3, -0.25) is 0 Å². The third kappa shape index (κ3) is 6.68. The fraction of sp³-hybridized carbons (Fsp3) is 0.500. The number of halogens is 1.